The molecule has 0 heterocycles. The molecular weight excluding hydrogens is 504 g/mol. The number of rotatable bonds is 13. The van der Waals surface area contributed by atoms with Crippen LogP contribution >= 0.6 is 0 Å². The molecule has 0 bridgehead atoms. The van der Waals surface area contributed by atoms with Gasteiger partial charge in [-0.15, -0.1) is 0 Å². The van der Waals surface area contributed by atoms with Gasteiger partial charge in [0.1, 0.15) is 12.4 Å². The molecule has 2 aliphatic carbocycles. The quantitative estimate of drug-likeness (QED) is 0.138. The Morgan fingerprint density at radius 2 is 1.20 bits per heavy atom. The van der Waals surface area contributed by atoms with Crippen LogP contribution in [-0.2, 0) is 9.47 Å². The molecule has 0 radical (unpaired) electrons. The minimum atomic E-state index is 0.153. The molecule has 0 aromatic heterocycles. The van der Waals surface area contributed by atoms with Crippen LogP contribution in [0.5, 0.6) is 0 Å². The van der Waals surface area contributed by atoms with Crippen molar-refractivity contribution in [1.29, 1.82) is 0 Å². The summed E-state index contributed by atoms with van der Waals surface area (Å²) >= 11 is 0. The summed E-state index contributed by atoms with van der Waals surface area (Å²) in [5, 5.41) is 0. The van der Waals surface area contributed by atoms with E-state index < -0.39 is 0 Å². The van der Waals surface area contributed by atoms with Gasteiger partial charge in [-0.3, -0.25) is 4.79 Å². The zero-order chi connectivity index (χ0) is 30.3. The lowest BCUT2D eigenvalue weighted by atomic mass is 9.80. The highest BCUT2D eigenvalue weighted by Gasteiger charge is 2.20. The number of ether oxygens (including phenoxy) is 2. The Bertz CT molecular complexity index is 930. The predicted molar refractivity (Wildman–Crippen MR) is 178 cm³/mol. The van der Waals surface area contributed by atoms with Crippen LogP contribution in [0, 0.1) is 0 Å². The Morgan fingerprint density at radius 3 is 1.54 bits per heavy atom. The molecule has 3 nitrogen and oxygen atoms in total. The smallest absolute Gasteiger partial charge is 0.159 e. The standard InChI is InChI=1S/C17H24O2.C12H14O.C7H16.C2H6/c1-3-5-17(19-13-12-18-2)16-10-8-15(9-11-16)14-6-4-7-14;1-9(13)10-5-7-12(8-6-10)11-3-2-4-11;1-3-5-7-6-4-2;1-2/h5,8-11,14H,3-4,6-7,12-13H2,1-2H3;5-8,11H,2-4H2,1H3;3-7H2,1-2H3;1-2H3/b17-5+;;;. The number of carbonyl (C=O) groups is 1. The van der Waals surface area contributed by atoms with E-state index in [2.05, 4.69) is 63.2 Å². The summed E-state index contributed by atoms with van der Waals surface area (Å²) in [5.74, 6) is 2.68. The number of ketones is 1. The first-order chi connectivity index (χ1) is 20.0. The summed E-state index contributed by atoms with van der Waals surface area (Å²) in [6.07, 6.45) is 18.2. The number of hydrogen-bond acceptors (Lipinski definition) is 3. The van der Waals surface area contributed by atoms with Crippen molar-refractivity contribution in [3.63, 3.8) is 0 Å². The number of carbonyl (C=O) groups excluding carboxylic acids is 1. The number of allylic oxidation sites excluding steroid dienone is 1. The van der Waals surface area contributed by atoms with Gasteiger partial charge in [0.15, 0.2) is 5.78 Å². The highest BCUT2D eigenvalue weighted by atomic mass is 16.5. The molecule has 3 heteroatoms. The molecule has 0 amide bonds. The van der Waals surface area contributed by atoms with Crippen molar-refractivity contribution in [3.8, 4) is 0 Å². The summed E-state index contributed by atoms with van der Waals surface area (Å²) in [6, 6.07) is 16.9. The van der Waals surface area contributed by atoms with E-state index in [9.17, 15) is 4.79 Å². The van der Waals surface area contributed by atoms with Crippen LogP contribution in [0.1, 0.15) is 157 Å². The topological polar surface area (TPSA) is 35.5 Å². The van der Waals surface area contributed by atoms with Crippen LogP contribution in [0.4, 0.5) is 0 Å². The van der Waals surface area contributed by atoms with Gasteiger partial charge < -0.3 is 9.47 Å². The Balaban J connectivity index is 0.000000330. The summed E-state index contributed by atoms with van der Waals surface area (Å²) in [6.45, 7) is 13.5. The molecule has 0 spiro atoms. The molecule has 0 aliphatic heterocycles. The molecule has 2 aromatic rings. The van der Waals surface area contributed by atoms with Crippen molar-refractivity contribution in [2.45, 2.75) is 130 Å². The monoisotopic (exact) mass is 564 g/mol. The second kappa shape index (κ2) is 23.2. The highest BCUT2D eigenvalue weighted by molar-refractivity contribution is 5.94. The molecule has 230 valence electrons. The fourth-order valence-corrected chi connectivity index (χ4v) is 4.75. The first-order valence-electron chi connectivity index (χ1n) is 16.6. The Kier molecular flexibility index (Phi) is 20.7. The van der Waals surface area contributed by atoms with E-state index in [0.29, 0.717) is 13.2 Å². The number of Topliss-reactive ketones (excluding diaryl/α,β-unsaturated/α-hetero) is 1. The van der Waals surface area contributed by atoms with Crippen molar-refractivity contribution in [3.05, 3.63) is 76.9 Å². The lowest BCUT2D eigenvalue weighted by Gasteiger charge is -2.25. The second-order valence-corrected chi connectivity index (χ2v) is 10.9. The molecule has 2 aliphatic rings. The number of hydrogen-bond donors (Lipinski definition) is 0. The van der Waals surface area contributed by atoms with E-state index in [1.807, 2.05) is 26.0 Å². The van der Waals surface area contributed by atoms with Crippen molar-refractivity contribution >= 4 is 11.5 Å². The first-order valence-corrected chi connectivity index (χ1v) is 16.6. The molecule has 2 aromatic carbocycles. The summed E-state index contributed by atoms with van der Waals surface area (Å²) < 4.78 is 10.8. The van der Waals surface area contributed by atoms with Crippen molar-refractivity contribution in [2.75, 3.05) is 20.3 Å². The van der Waals surface area contributed by atoms with E-state index in [1.165, 1.54) is 87.3 Å². The molecule has 0 saturated heterocycles. The van der Waals surface area contributed by atoms with Gasteiger partial charge >= 0.3 is 0 Å². The van der Waals surface area contributed by atoms with Gasteiger partial charge in [-0.1, -0.05) is 128 Å². The van der Waals surface area contributed by atoms with E-state index in [0.717, 1.165) is 29.6 Å². The van der Waals surface area contributed by atoms with Gasteiger partial charge in [-0.05, 0) is 68.1 Å². The minimum Gasteiger partial charge on any atom is -0.491 e. The van der Waals surface area contributed by atoms with Crippen LogP contribution in [0.15, 0.2) is 54.6 Å². The van der Waals surface area contributed by atoms with Crippen LogP contribution in [0.25, 0.3) is 5.76 Å². The molecule has 0 atom stereocenters. The molecular formula is C38H60O3. The van der Waals surface area contributed by atoms with Gasteiger partial charge in [-0.25, -0.2) is 0 Å². The van der Waals surface area contributed by atoms with Gasteiger partial charge in [0.2, 0.25) is 0 Å². The molecule has 4 rings (SSSR count). The van der Waals surface area contributed by atoms with Crippen molar-refractivity contribution in [2.24, 2.45) is 0 Å². The predicted octanol–water partition coefficient (Wildman–Crippen LogP) is 11.5. The summed E-state index contributed by atoms with van der Waals surface area (Å²) in [5.41, 5.74) is 4.86. The highest BCUT2D eigenvalue weighted by Crippen LogP contribution is 2.37. The van der Waals surface area contributed by atoms with E-state index >= 15 is 0 Å². The third kappa shape index (κ3) is 14.4. The fourth-order valence-electron chi connectivity index (χ4n) is 4.75. The summed E-state index contributed by atoms with van der Waals surface area (Å²) in [4.78, 5) is 11.0. The molecule has 2 saturated carbocycles. The van der Waals surface area contributed by atoms with Gasteiger partial charge in [0.05, 0.1) is 6.61 Å². The van der Waals surface area contributed by atoms with Crippen LogP contribution < -0.4 is 0 Å². The second-order valence-electron chi connectivity index (χ2n) is 10.9. The third-order valence-electron chi connectivity index (χ3n) is 7.81. The first kappa shape index (κ1) is 36.6. The van der Waals surface area contributed by atoms with Crippen molar-refractivity contribution < 1.29 is 14.3 Å². The zero-order valence-electron chi connectivity index (χ0n) is 27.5. The van der Waals surface area contributed by atoms with Crippen LogP contribution in [-0.4, -0.2) is 26.1 Å². The van der Waals surface area contributed by atoms with Crippen LogP contribution in [0.2, 0.25) is 0 Å². The Labute approximate surface area is 253 Å². The number of methoxy groups -OCH3 is 1. The Hall–Kier alpha value is -2.39. The number of unbranched alkanes of at least 4 members (excludes halogenated alkanes) is 4. The maximum atomic E-state index is 11.0. The van der Waals surface area contributed by atoms with Gasteiger partial charge in [0, 0.05) is 18.2 Å². The Morgan fingerprint density at radius 1 is 0.732 bits per heavy atom. The van der Waals surface area contributed by atoms with Crippen molar-refractivity contribution in [1.82, 2.24) is 0 Å². The molecule has 0 N–H and O–H groups in total. The average Bonchev–Trinajstić information content (AvgIpc) is 2.94. The molecule has 2 fully saturated rings. The van der Waals surface area contributed by atoms with E-state index in [1.54, 1.807) is 14.0 Å². The molecule has 41 heavy (non-hydrogen) atoms. The maximum Gasteiger partial charge on any atom is 0.159 e. The van der Waals surface area contributed by atoms with Gasteiger partial charge in [-0.2, -0.15) is 0 Å². The lowest BCUT2D eigenvalue weighted by molar-refractivity contribution is 0.101. The SMILES string of the molecule is CC.CC(=O)c1ccc(C2CCC2)cc1.CC/C=C(/OCCOC)c1ccc(C2CCC2)cc1.CCCCCCC. The largest absolute Gasteiger partial charge is 0.491 e. The van der Waals surface area contributed by atoms with E-state index in [-0.39, 0.29) is 5.78 Å². The fraction of sp³-hybridized carbons (Fsp3) is 0.605. The summed E-state index contributed by atoms with van der Waals surface area (Å²) in [7, 11) is 1.69. The molecule has 0 unspecified atom stereocenters. The maximum absolute atomic E-state index is 11.0. The minimum absolute atomic E-state index is 0.153. The van der Waals surface area contributed by atoms with Gasteiger partial charge in [0.25, 0.3) is 0 Å². The van der Waals surface area contributed by atoms with Crippen LogP contribution in [0.3, 0.4) is 0 Å². The third-order valence-corrected chi connectivity index (χ3v) is 7.81. The number of benzene rings is 2. The zero-order valence-corrected chi connectivity index (χ0v) is 27.5. The average molecular weight is 565 g/mol. The van der Waals surface area contributed by atoms with E-state index in [4.69, 9.17) is 9.47 Å². The normalized spacial score (nSPS) is 14.6. The lowest BCUT2D eigenvalue weighted by Crippen LogP contribution is -2.08.